The number of para-hydroxylation sites is 1. The van der Waals surface area contributed by atoms with Crippen LogP contribution in [0, 0.1) is 0 Å². The zero-order valence-electron chi connectivity index (χ0n) is 35.2. The number of fused-ring (bicyclic) bond motifs is 11. The van der Waals surface area contributed by atoms with Gasteiger partial charge in [-0.05, 0) is 96.6 Å². The number of aromatic nitrogens is 4. The molecule has 2 aliphatic rings. The van der Waals surface area contributed by atoms with Crippen LogP contribution in [-0.2, 0) is 5.41 Å². The number of nitrogens with zero attached hydrogens (tertiary/aromatic N) is 4. The van der Waals surface area contributed by atoms with Gasteiger partial charge in [0.25, 0.3) is 0 Å². The molecule has 0 unspecified atom stereocenters. The minimum atomic E-state index is -0.390. The molecule has 0 atom stereocenters. The Balaban J connectivity index is 0.887. The van der Waals surface area contributed by atoms with Gasteiger partial charge in [-0.3, -0.25) is 4.98 Å². The molecule has 302 valence electrons. The van der Waals surface area contributed by atoms with Crippen molar-refractivity contribution in [1.29, 1.82) is 0 Å². The topological polar surface area (TPSA) is 51.6 Å². The van der Waals surface area contributed by atoms with E-state index in [-0.39, 0.29) is 5.41 Å². The van der Waals surface area contributed by atoms with Crippen LogP contribution in [0.5, 0.6) is 0 Å². The van der Waals surface area contributed by atoms with E-state index in [1.165, 1.54) is 50.1 Å². The van der Waals surface area contributed by atoms with E-state index in [0.29, 0.717) is 17.5 Å². The lowest BCUT2D eigenvalue weighted by Gasteiger charge is -2.30. The van der Waals surface area contributed by atoms with Crippen LogP contribution in [0.25, 0.3) is 101 Å². The van der Waals surface area contributed by atoms with Crippen LogP contribution < -0.4 is 0 Å². The molecule has 0 amide bonds. The number of benzene rings is 9. The van der Waals surface area contributed by atoms with Gasteiger partial charge in [0.1, 0.15) is 0 Å². The summed E-state index contributed by atoms with van der Waals surface area (Å²) in [5.41, 5.74) is 20.7. The Morgan fingerprint density at radius 2 is 0.677 bits per heavy atom. The van der Waals surface area contributed by atoms with Crippen LogP contribution in [-0.4, -0.2) is 19.9 Å². The van der Waals surface area contributed by atoms with Crippen molar-refractivity contribution in [2.24, 2.45) is 0 Å². The zero-order chi connectivity index (χ0) is 42.9. The van der Waals surface area contributed by atoms with E-state index in [0.717, 1.165) is 55.4 Å². The highest BCUT2D eigenvalue weighted by atomic mass is 15.0. The molecule has 0 fully saturated rings. The molecule has 11 aromatic rings. The first-order valence-electron chi connectivity index (χ1n) is 22.1. The second-order valence-corrected chi connectivity index (χ2v) is 16.9. The first-order chi connectivity index (χ1) is 32.2. The van der Waals surface area contributed by atoms with Crippen LogP contribution >= 0.6 is 0 Å². The van der Waals surface area contributed by atoms with Crippen molar-refractivity contribution in [3.63, 3.8) is 0 Å². The van der Waals surface area contributed by atoms with Gasteiger partial charge in [0.15, 0.2) is 17.5 Å². The maximum atomic E-state index is 5.13. The average Bonchev–Trinajstić information content (AvgIpc) is 3.86. The average molecular weight is 827 g/mol. The van der Waals surface area contributed by atoms with Gasteiger partial charge in [-0.15, -0.1) is 0 Å². The summed E-state index contributed by atoms with van der Waals surface area (Å²) < 4.78 is 0. The molecule has 0 N–H and O–H groups in total. The van der Waals surface area contributed by atoms with Crippen LogP contribution in [0.4, 0.5) is 0 Å². The Labute approximate surface area is 377 Å². The summed E-state index contributed by atoms with van der Waals surface area (Å²) >= 11 is 0. The minimum absolute atomic E-state index is 0.390. The van der Waals surface area contributed by atoms with Crippen LogP contribution in [0.15, 0.2) is 231 Å². The fourth-order valence-corrected chi connectivity index (χ4v) is 10.5. The quantitative estimate of drug-likeness (QED) is 0.168. The molecule has 2 heterocycles. The van der Waals surface area contributed by atoms with Crippen LogP contribution in [0.1, 0.15) is 22.3 Å². The Morgan fingerprint density at radius 3 is 1.31 bits per heavy atom. The molecule has 2 aromatic heterocycles. The molecule has 0 aliphatic heterocycles. The molecular weight excluding hydrogens is 789 g/mol. The summed E-state index contributed by atoms with van der Waals surface area (Å²) in [6.45, 7) is 0. The van der Waals surface area contributed by atoms with Crippen LogP contribution in [0.3, 0.4) is 0 Å². The minimum Gasteiger partial charge on any atom is -0.256 e. The summed E-state index contributed by atoms with van der Waals surface area (Å²) in [6.07, 6.45) is 1.85. The van der Waals surface area contributed by atoms with E-state index in [2.05, 4.69) is 188 Å². The molecule has 13 rings (SSSR count). The molecule has 4 nitrogen and oxygen atoms in total. The van der Waals surface area contributed by atoms with Gasteiger partial charge >= 0.3 is 0 Å². The summed E-state index contributed by atoms with van der Waals surface area (Å²) in [5, 5.41) is 1.11. The van der Waals surface area contributed by atoms with Gasteiger partial charge in [-0.25, -0.2) is 15.0 Å². The molecule has 0 bridgehead atoms. The van der Waals surface area contributed by atoms with Crippen molar-refractivity contribution in [2.45, 2.75) is 5.41 Å². The normalized spacial score (nSPS) is 12.7. The third-order valence-corrected chi connectivity index (χ3v) is 13.4. The van der Waals surface area contributed by atoms with Gasteiger partial charge in [-0.1, -0.05) is 200 Å². The Bertz CT molecular complexity index is 3600. The molecule has 0 saturated heterocycles. The smallest absolute Gasteiger partial charge is 0.164 e. The SMILES string of the molecule is c1ccc(-c2nc(-c3ccc(-c4cccc5cccnc45)cc3)nc(-c3cccc(-c4cccc(-c5ccc6c(c5)C5(c7ccccc7-c7ccccc75)c5ccccc5-6)c4)c3)n2)cc1. The molecule has 1 spiro atoms. The van der Waals surface area contributed by atoms with Crippen molar-refractivity contribution < 1.29 is 0 Å². The first kappa shape index (κ1) is 37.0. The van der Waals surface area contributed by atoms with E-state index in [1.54, 1.807) is 0 Å². The lowest BCUT2D eigenvalue weighted by Crippen LogP contribution is -2.25. The predicted octanol–water partition coefficient (Wildman–Crippen LogP) is 14.8. The molecule has 2 aliphatic carbocycles. The van der Waals surface area contributed by atoms with E-state index in [9.17, 15) is 0 Å². The zero-order valence-corrected chi connectivity index (χ0v) is 35.2. The number of hydrogen-bond acceptors (Lipinski definition) is 4. The summed E-state index contributed by atoms with van der Waals surface area (Å²) in [4.78, 5) is 19.9. The second-order valence-electron chi connectivity index (χ2n) is 16.9. The Hall–Kier alpha value is -8.60. The molecule has 4 heteroatoms. The van der Waals surface area contributed by atoms with Gasteiger partial charge in [-0.2, -0.15) is 0 Å². The molecular formula is C61H38N4. The molecule has 0 radical (unpaired) electrons. The summed E-state index contributed by atoms with van der Waals surface area (Å²) in [5.74, 6) is 1.87. The molecule has 9 aromatic carbocycles. The lowest BCUT2D eigenvalue weighted by atomic mass is 9.70. The Kier molecular flexibility index (Phi) is 8.40. The van der Waals surface area contributed by atoms with E-state index in [1.807, 2.05) is 42.6 Å². The third-order valence-electron chi connectivity index (χ3n) is 13.4. The van der Waals surface area contributed by atoms with E-state index < -0.39 is 0 Å². The number of hydrogen-bond donors (Lipinski definition) is 0. The lowest BCUT2D eigenvalue weighted by molar-refractivity contribution is 0.794. The largest absolute Gasteiger partial charge is 0.256 e. The van der Waals surface area contributed by atoms with Crippen molar-refractivity contribution in [3.05, 3.63) is 253 Å². The predicted molar refractivity (Wildman–Crippen MR) is 264 cm³/mol. The standard InChI is InChI=1S/C61H38N4/c1-2-14-41(15-3-1)58-63-59(42-31-29-39(30-32-42)48-25-12-16-40-21-13-35-62-57(40)48)65-60(64-58)47-20-11-19-45(37-47)43-17-10-18-44(36-43)46-33-34-52-51-24-6-9-28-55(51)61(56(52)38-46)53-26-7-4-22-49(53)50-23-5-8-27-54(50)61/h1-38H. The van der Waals surface area contributed by atoms with E-state index >= 15 is 0 Å². The highest BCUT2D eigenvalue weighted by Gasteiger charge is 2.51. The van der Waals surface area contributed by atoms with Gasteiger partial charge < -0.3 is 0 Å². The maximum absolute atomic E-state index is 5.13. The number of pyridine rings is 1. The van der Waals surface area contributed by atoms with Crippen molar-refractivity contribution in [2.75, 3.05) is 0 Å². The van der Waals surface area contributed by atoms with Gasteiger partial charge in [0, 0.05) is 33.8 Å². The van der Waals surface area contributed by atoms with E-state index in [4.69, 9.17) is 19.9 Å². The summed E-state index contributed by atoms with van der Waals surface area (Å²) in [7, 11) is 0. The second kappa shape index (κ2) is 14.8. The molecule has 65 heavy (non-hydrogen) atoms. The van der Waals surface area contributed by atoms with Crippen LogP contribution in [0.2, 0.25) is 0 Å². The molecule has 0 saturated carbocycles. The monoisotopic (exact) mass is 826 g/mol. The van der Waals surface area contributed by atoms with Gasteiger partial charge in [0.2, 0.25) is 0 Å². The first-order valence-corrected chi connectivity index (χ1v) is 22.1. The fourth-order valence-electron chi connectivity index (χ4n) is 10.5. The highest BCUT2D eigenvalue weighted by molar-refractivity contribution is 5.96. The fraction of sp³-hybridized carbons (Fsp3) is 0.0164. The third kappa shape index (κ3) is 5.85. The summed E-state index contributed by atoms with van der Waals surface area (Å²) in [6, 6.07) is 80.4. The van der Waals surface area contributed by atoms with Crippen molar-refractivity contribution in [3.8, 4) is 89.8 Å². The van der Waals surface area contributed by atoms with Crippen molar-refractivity contribution in [1.82, 2.24) is 19.9 Å². The Morgan fingerprint density at radius 1 is 0.262 bits per heavy atom. The maximum Gasteiger partial charge on any atom is 0.164 e. The van der Waals surface area contributed by atoms with Crippen molar-refractivity contribution >= 4 is 10.9 Å². The van der Waals surface area contributed by atoms with Gasteiger partial charge in [0.05, 0.1) is 10.9 Å². The number of rotatable bonds is 6. The highest BCUT2D eigenvalue weighted by Crippen LogP contribution is 2.63.